The third-order valence-electron chi connectivity index (χ3n) is 4.89. The molecule has 2 N–H and O–H groups in total. The van der Waals surface area contributed by atoms with Crippen molar-refractivity contribution in [3.63, 3.8) is 0 Å². The van der Waals surface area contributed by atoms with Crippen molar-refractivity contribution in [3.8, 4) is 0 Å². The molecule has 5 heteroatoms. The zero-order chi connectivity index (χ0) is 16.7. The summed E-state index contributed by atoms with van der Waals surface area (Å²) >= 11 is 0. The third-order valence-corrected chi connectivity index (χ3v) is 4.89. The van der Waals surface area contributed by atoms with Crippen molar-refractivity contribution in [2.45, 2.75) is 78.4 Å². The molecule has 128 valence electrons. The van der Waals surface area contributed by atoms with Crippen LogP contribution in [0.1, 0.15) is 60.3 Å². The lowest BCUT2D eigenvalue weighted by Crippen LogP contribution is -2.56. The van der Waals surface area contributed by atoms with Gasteiger partial charge >= 0.3 is 0 Å². The quantitative estimate of drug-likeness (QED) is 0.755. The van der Waals surface area contributed by atoms with Gasteiger partial charge in [0.25, 0.3) is 0 Å². The first kappa shape index (κ1) is 18.9. The fourth-order valence-electron chi connectivity index (χ4n) is 3.17. The van der Waals surface area contributed by atoms with Gasteiger partial charge in [-0.25, -0.2) is 0 Å². The number of carbonyl (C=O) groups excluding carboxylic acids is 2. The van der Waals surface area contributed by atoms with Gasteiger partial charge in [0.15, 0.2) is 0 Å². The second-order valence-corrected chi connectivity index (χ2v) is 6.44. The van der Waals surface area contributed by atoms with Crippen molar-refractivity contribution in [2.24, 2.45) is 5.92 Å². The largest absolute Gasteiger partial charge is 0.352 e. The lowest BCUT2D eigenvalue weighted by Gasteiger charge is -2.39. The molecule has 0 aromatic heterocycles. The van der Waals surface area contributed by atoms with E-state index in [1.807, 2.05) is 11.8 Å². The first-order chi connectivity index (χ1) is 10.4. The number of hydrogen-bond donors (Lipinski definition) is 2. The lowest BCUT2D eigenvalue weighted by molar-refractivity contribution is -0.131. The van der Waals surface area contributed by atoms with E-state index < -0.39 is 0 Å². The Morgan fingerprint density at radius 1 is 1.23 bits per heavy atom. The van der Waals surface area contributed by atoms with E-state index in [0.717, 1.165) is 38.8 Å². The van der Waals surface area contributed by atoms with Gasteiger partial charge in [0.1, 0.15) is 0 Å². The Balaban J connectivity index is 2.54. The SMILES string of the molecule is CCC(CC)NC(=O)C(C)NC1CCN(C(C)=O)CC1CC. The fourth-order valence-corrected chi connectivity index (χ4v) is 3.17. The van der Waals surface area contributed by atoms with Gasteiger partial charge < -0.3 is 15.5 Å². The molecular formula is C17H33N3O2. The number of amides is 2. The maximum absolute atomic E-state index is 12.3. The Morgan fingerprint density at radius 3 is 2.36 bits per heavy atom. The van der Waals surface area contributed by atoms with E-state index in [1.165, 1.54) is 0 Å². The number of rotatable bonds is 7. The summed E-state index contributed by atoms with van der Waals surface area (Å²) in [6, 6.07) is 0.380. The van der Waals surface area contributed by atoms with E-state index in [1.54, 1.807) is 6.92 Å². The number of carbonyl (C=O) groups is 2. The normalized spacial score (nSPS) is 23.5. The summed E-state index contributed by atoms with van der Waals surface area (Å²) in [5, 5.41) is 6.58. The second kappa shape index (κ2) is 9.13. The molecule has 5 nitrogen and oxygen atoms in total. The molecule has 0 aliphatic carbocycles. The topological polar surface area (TPSA) is 61.4 Å². The molecule has 0 saturated carbocycles. The van der Waals surface area contributed by atoms with Crippen LogP contribution in [0.25, 0.3) is 0 Å². The highest BCUT2D eigenvalue weighted by atomic mass is 16.2. The predicted molar refractivity (Wildman–Crippen MR) is 89.6 cm³/mol. The van der Waals surface area contributed by atoms with Crippen LogP contribution in [-0.4, -0.2) is 47.9 Å². The van der Waals surface area contributed by atoms with E-state index in [-0.39, 0.29) is 23.9 Å². The molecule has 1 heterocycles. The van der Waals surface area contributed by atoms with Gasteiger partial charge in [0.05, 0.1) is 6.04 Å². The number of hydrogen-bond acceptors (Lipinski definition) is 3. The Morgan fingerprint density at radius 2 is 1.86 bits per heavy atom. The van der Waals surface area contributed by atoms with Crippen LogP contribution < -0.4 is 10.6 Å². The molecule has 3 atom stereocenters. The van der Waals surface area contributed by atoms with Gasteiger partial charge in [-0.1, -0.05) is 27.2 Å². The van der Waals surface area contributed by atoms with Crippen LogP contribution in [0, 0.1) is 5.92 Å². The summed E-state index contributed by atoms with van der Waals surface area (Å²) in [6.45, 7) is 11.5. The van der Waals surface area contributed by atoms with Crippen molar-refractivity contribution in [3.05, 3.63) is 0 Å². The van der Waals surface area contributed by atoms with Crippen LogP contribution in [0.4, 0.5) is 0 Å². The highest BCUT2D eigenvalue weighted by Gasteiger charge is 2.31. The van der Waals surface area contributed by atoms with Crippen LogP contribution in [0.5, 0.6) is 0 Å². The molecule has 0 aromatic rings. The lowest BCUT2D eigenvalue weighted by atomic mass is 9.89. The van der Waals surface area contributed by atoms with E-state index in [4.69, 9.17) is 0 Å². The second-order valence-electron chi connectivity index (χ2n) is 6.44. The van der Waals surface area contributed by atoms with Crippen molar-refractivity contribution in [1.29, 1.82) is 0 Å². The molecule has 0 aromatic carbocycles. The maximum atomic E-state index is 12.3. The van der Waals surface area contributed by atoms with Crippen LogP contribution in [0.2, 0.25) is 0 Å². The zero-order valence-corrected chi connectivity index (χ0v) is 14.8. The van der Waals surface area contributed by atoms with Gasteiger partial charge in [-0.05, 0) is 32.1 Å². The summed E-state index contributed by atoms with van der Waals surface area (Å²) in [7, 11) is 0. The Hall–Kier alpha value is -1.10. The smallest absolute Gasteiger partial charge is 0.237 e. The molecule has 3 unspecified atom stereocenters. The average Bonchev–Trinajstić information content (AvgIpc) is 2.52. The number of likely N-dealkylation sites (tertiary alicyclic amines) is 1. The highest BCUT2D eigenvalue weighted by Crippen LogP contribution is 2.21. The van der Waals surface area contributed by atoms with Crippen molar-refractivity contribution >= 4 is 11.8 Å². The summed E-state index contributed by atoms with van der Waals surface area (Å²) in [5.41, 5.74) is 0. The highest BCUT2D eigenvalue weighted by molar-refractivity contribution is 5.81. The molecule has 1 fully saturated rings. The molecule has 0 radical (unpaired) electrons. The Labute approximate surface area is 135 Å². The number of nitrogens with zero attached hydrogens (tertiary/aromatic N) is 1. The standard InChI is InChI=1S/C17H33N3O2/c1-6-14-11-20(13(5)21)10-9-16(14)18-12(4)17(22)19-15(7-2)8-3/h12,14-16,18H,6-11H2,1-5H3,(H,19,22). The van der Waals surface area contributed by atoms with E-state index >= 15 is 0 Å². The molecule has 0 bridgehead atoms. The van der Waals surface area contributed by atoms with Gasteiger partial charge in [-0.3, -0.25) is 9.59 Å². The minimum Gasteiger partial charge on any atom is -0.352 e. The molecule has 1 aliphatic rings. The van der Waals surface area contributed by atoms with E-state index in [9.17, 15) is 9.59 Å². The first-order valence-electron chi connectivity index (χ1n) is 8.74. The summed E-state index contributed by atoms with van der Waals surface area (Å²) < 4.78 is 0. The van der Waals surface area contributed by atoms with Crippen molar-refractivity contribution < 1.29 is 9.59 Å². The Bertz CT molecular complexity index is 369. The summed E-state index contributed by atoms with van der Waals surface area (Å²) in [5.74, 6) is 0.648. The maximum Gasteiger partial charge on any atom is 0.237 e. The van der Waals surface area contributed by atoms with Crippen LogP contribution in [-0.2, 0) is 9.59 Å². The number of nitrogens with one attached hydrogen (secondary N) is 2. The molecular weight excluding hydrogens is 278 g/mol. The average molecular weight is 311 g/mol. The van der Waals surface area contributed by atoms with E-state index in [0.29, 0.717) is 12.0 Å². The molecule has 1 saturated heterocycles. The Kier molecular flexibility index (Phi) is 7.87. The van der Waals surface area contributed by atoms with Gasteiger partial charge in [0, 0.05) is 32.1 Å². The third kappa shape index (κ3) is 5.27. The molecule has 0 spiro atoms. The van der Waals surface area contributed by atoms with Crippen LogP contribution in [0.3, 0.4) is 0 Å². The van der Waals surface area contributed by atoms with Gasteiger partial charge in [-0.15, -0.1) is 0 Å². The monoisotopic (exact) mass is 311 g/mol. The minimum atomic E-state index is -0.191. The van der Waals surface area contributed by atoms with Crippen LogP contribution in [0.15, 0.2) is 0 Å². The minimum absolute atomic E-state index is 0.0811. The summed E-state index contributed by atoms with van der Waals surface area (Å²) in [4.78, 5) is 25.7. The first-order valence-corrected chi connectivity index (χ1v) is 8.74. The fraction of sp³-hybridized carbons (Fsp3) is 0.882. The van der Waals surface area contributed by atoms with Gasteiger partial charge in [-0.2, -0.15) is 0 Å². The summed E-state index contributed by atoms with van der Waals surface area (Å²) in [6.07, 6.45) is 3.86. The zero-order valence-electron chi connectivity index (χ0n) is 14.8. The molecule has 1 rings (SSSR count). The number of piperidine rings is 1. The molecule has 22 heavy (non-hydrogen) atoms. The molecule has 1 aliphatic heterocycles. The predicted octanol–water partition coefficient (Wildman–Crippen LogP) is 1.92. The molecule has 2 amide bonds. The van der Waals surface area contributed by atoms with Crippen molar-refractivity contribution in [1.82, 2.24) is 15.5 Å². The van der Waals surface area contributed by atoms with Crippen LogP contribution >= 0.6 is 0 Å². The van der Waals surface area contributed by atoms with E-state index in [2.05, 4.69) is 31.4 Å². The van der Waals surface area contributed by atoms with Crippen molar-refractivity contribution in [2.75, 3.05) is 13.1 Å². The van der Waals surface area contributed by atoms with Gasteiger partial charge in [0.2, 0.25) is 11.8 Å².